The Morgan fingerprint density at radius 3 is 2.42 bits per heavy atom. The fraction of sp³-hybridized carbons (Fsp3) is 0.0909. The van der Waals surface area contributed by atoms with E-state index in [4.69, 9.17) is 4.74 Å². The number of amidine groups is 2. The number of aromatic nitrogens is 1. The van der Waals surface area contributed by atoms with Crippen LogP contribution in [0.15, 0.2) is 94.1 Å². The van der Waals surface area contributed by atoms with Crippen LogP contribution in [0.5, 0.6) is 11.5 Å². The highest BCUT2D eigenvalue weighted by Crippen LogP contribution is 2.24. The first-order valence-corrected chi connectivity index (χ1v) is 10.9. The van der Waals surface area contributed by atoms with Gasteiger partial charge in [-0.15, -0.1) is 0 Å². The predicted molar refractivity (Wildman–Crippen MR) is 125 cm³/mol. The molecule has 2 aliphatic rings. The molecule has 0 spiro atoms. The minimum atomic E-state index is -0.410. The molecule has 0 bridgehead atoms. The highest BCUT2D eigenvalue weighted by Gasteiger charge is 2.33. The zero-order valence-corrected chi connectivity index (χ0v) is 17.5. The number of guanidine groups is 1. The molecule has 2 N–H and O–H groups in total. The zero-order chi connectivity index (χ0) is 21.0. The van der Waals surface area contributed by atoms with Gasteiger partial charge in [-0.1, -0.05) is 42.1 Å². The van der Waals surface area contributed by atoms with E-state index in [0.29, 0.717) is 11.1 Å². The predicted octanol–water partition coefficient (Wildman–Crippen LogP) is 3.93. The zero-order valence-electron chi connectivity index (χ0n) is 16.6. The Morgan fingerprint density at radius 1 is 0.935 bits per heavy atom. The Labute approximate surface area is 183 Å². The van der Waals surface area contributed by atoms with Crippen molar-refractivity contribution < 1.29 is 4.74 Å². The van der Waals surface area contributed by atoms with Gasteiger partial charge in [-0.05, 0) is 42.7 Å². The number of nitrogens with zero attached hydrogens (tertiary/aromatic N) is 5. The van der Waals surface area contributed by atoms with Crippen LogP contribution in [-0.4, -0.2) is 39.5 Å². The normalized spacial score (nSPS) is 17.1. The Bertz CT molecular complexity index is 1150. The maximum Gasteiger partial charge on any atom is 0.241 e. The molecule has 0 radical (unpaired) electrons. The van der Waals surface area contributed by atoms with Crippen LogP contribution >= 0.6 is 11.8 Å². The monoisotopic (exact) mass is 429 g/mol. The van der Waals surface area contributed by atoms with Gasteiger partial charge in [0.15, 0.2) is 11.0 Å². The van der Waals surface area contributed by atoms with Gasteiger partial charge in [0.2, 0.25) is 12.2 Å². The number of hydrazine groups is 1. The first kappa shape index (κ1) is 19.1. The molecule has 5 rings (SSSR count). The Morgan fingerprint density at radius 2 is 1.68 bits per heavy atom. The lowest BCUT2D eigenvalue weighted by molar-refractivity contribution is 0.320. The average Bonchev–Trinajstić information content (AvgIpc) is 3.23. The van der Waals surface area contributed by atoms with E-state index >= 15 is 0 Å². The number of hydrogen-bond donors (Lipinski definition) is 2. The molecule has 31 heavy (non-hydrogen) atoms. The van der Waals surface area contributed by atoms with Crippen molar-refractivity contribution >= 4 is 34.4 Å². The molecule has 0 saturated carbocycles. The van der Waals surface area contributed by atoms with Gasteiger partial charge in [0, 0.05) is 23.6 Å². The summed E-state index contributed by atoms with van der Waals surface area (Å²) in [5.74, 6) is 2.86. The van der Waals surface area contributed by atoms with Crippen molar-refractivity contribution in [2.75, 3.05) is 11.6 Å². The number of nitrogens with one attached hydrogen (secondary N) is 2. The summed E-state index contributed by atoms with van der Waals surface area (Å²) in [5, 5.41) is 5.85. The number of anilines is 1. The Kier molecular flexibility index (Phi) is 5.24. The van der Waals surface area contributed by atoms with Crippen molar-refractivity contribution in [1.29, 1.82) is 0 Å². The molecule has 0 fully saturated rings. The number of pyridine rings is 1. The van der Waals surface area contributed by atoms with E-state index in [1.807, 2.05) is 78.0 Å². The SMILES string of the molecule is CSC1=N[C@H]2N=C(Nc3ccc(Oc4ccncc4)cc3)NN2C(c2ccccc2)=N1. The number of thioether (sulfide) groups is 1. The van der Waals surface area contributed by atoms with Gasteiger partial charge in [0.1, 0.15) is 11.5 Å². The lowest BCUT2D eigenvalue weighted by Gasteiger charge is -2.27. The van der Waals surface area contributed by atoms with E-state index in [2.05, 4.69) is 30.7 Å². The minimum Gasteiger partial charge on any atom is -0.457 e. The van der Waals surface area contributed by atoms with E-state index in [9.17, 15) is 0 Å². The van der Waals surface area contributed by atoms with Crippen LogP contribution in [0, 0.1) is 0 Å². The van der Waals surface area contributed by atoms with Crippen molar-refractivity contribution in [3.05, 3.63) is 84.7 Å². The second-order valence-corrected chi connectivity index (χ2v) is 7.43. The summed E-state index contributed by atoms with van der Waals surface area (Å²) < 4.78 is 5.81. The lowest BCUT2D eigenvalue weighted by atomic mass is 10.2. The van der Waals surface area contributed by atoms with Crippen LogP contribution in [0.4, 0.5) is 5.69 Å². The van der Waals surface area contributed by atoms with Crippen molar-refractivity contribution in [1.82, 2.24) is 15.4 Å². The van der Waals surface area contributed by atoms with Crippen LogP contribution in [0.2, 0.25) is 0 Å². The molecular weight excluding hydrogens is 410 g/mol. The van der Waals surface area contributed by atoms with Gasteiger partial charge < -0.3 is 10.1 Å². The molecule has 0 amide bonds. The minimum absolute atomic E-state index is 0.410. The second-order valence-electron chi connectivity index (χ2n) is 6.66. The fourth-order valence-electron chi connectivity index (χ4n) is 3.13. The highest BCUT2D eigenvalue weighted by atomic mass is 32.2. The van der Waals surface area contributed by atoms with Gasteiger partial charge in [0.25, 0.3) is 0 Å². The van der Waals surface area contributed by atoms with Crippen molar-refractivity contribution in [3.63, 3.8) is 0 Å². The quantitative estimate of drug-likeness (QED) is 0.654. The second kappa shape index (κ2) is 8.49. The number of benzene rings is 2. The summed E-state index contributed by atoms with van der Waals surface area (Å²) in [7, 11) is 0. The number of ether oxygens (including phenoxy) is 1. The van der Waals surface area contributed by atoms with E-state index in [0.717, 1.165) is 28.6 Å². The Hall–Kier alpha value is -3.85. The van der Waals surface area contributed by atoms with E-state index < -0.39 is 6.29 Å². The maximum absolute atomic E-state index is 5.81. The summed E-state index contributed by atoms with van der Waals surface area (Å²) in [6.45, 7) is 0. The Balaban J connectivity index is 1.30. The summed E-state index contributed by atoms with van der Waals surface area (Å²) in [6.07, 6.45) is 4.94. The molecule has 0 aliphatic carbocycles. The molecule has 0 unspecified atom stereocenters. The molecule has 9 heteroatoms. The molecule has 1 atom stereocenters. The number of rotatable bonds is 4. The molecule has 8 nitrogen and oxygen atoms in total. The van der Waals surface area contributed by atoms with E-state index in [1.165, 1.54) is 11.8 Å². The summed E-state index contributed by atoms with van der Waals surface area (Å²) >= 11 is 1.50. The van der Waals surface area contributed by atoms with Crippen LogP contribution in [0.25, 0.3) is 0 Å². The fourth-order valence-corrected chi connectivity index (χ4v) is 3.51. The van der Waals surface area contributed by atoms with Crippen molar-refractivity contribution in [3.8, 4) is 11.5 Å². The van der Waals surface area contributed by atoms with Crippen molar-refractivity contribution in [2.24, 2.45) is 15.0 Å². The van der Waals surface area contributed by atoms with Crippen LogP contribution < -0.4 is 15.5 Å². The topological polar surface area (TPSA) is 86.5 Å². The highest BCUT2D eigenvalue weighted by molar-refractivity contribution is 8.13. The smallest absolute Gasteiger partial charge is 0.241 e. The van der Waals surface area contributed by atoms with Gasteiger partial charge in [0.05, 0.1) is 0 Å². The first-order chi connectivity index (χ1) is 15.3. The molecule has 1 aromatic heterocycles. The molecule has 3 heterocycles. The third-order valence-electron chi connectivity index (χ3n) is 4.57. The average molecular weight is 430 g/mol. The maximum atomic E-state index is 5.81. The standard InChI is InChI=1S/C22H19N7OS/c1-31-22-25-19(15-5-3-2-4-6-15)29-21(27-22)26-20(28-29)24-16-7-9-17(10-8-16)30-18-11-13-23-14-12-18/h2-14,21H,1H3,(H2,24,26,28)/t21-/m1/s1. The lowest BCUT2D eigenvalue weighted by Crippen LogP contribution is -2.48. The molecular formula is C22H19N7OS. The van der Waals surface area contributed by atoms with Gasteiger partial charge in [-0.25, -0.2) is 20.0 Å². The summed E-state index contributed by atoms with van der Waals surface area (Å²) in [6, 6.07) is 21.3. The number of hydrogen-bond acceptors (Lipinski definition) is 9. The van der Waals surface area contributed by atoms with Crippen molar-refractivity contribution in [2.45, 2.75) is 6.29 Å². The first-order valence-electron chi connectivity index (χ1n) is 9.63. The number of aliphatic imine (C=N–C) groups is 3. The molecule has 2 aliphatic heterocycles. The van der Waals surface area contributed by atoms with Gasteiger partial charge in [-0.2, -0.15) is 0 Å². The summed E-state index contributed by atoms with van der Waals surface area (Å²) in [4.78, 5) is 17.9. The van der Waals surface area contributed by atoms with Crippen LogP contribution in [0.1, 0.15) is 5.56 Å². The van der Waals surface area contributed by atoms with E-state index in [1.54, 1.807) is 12.4 Å². The third-order valence-corrected chi connectivity index (χ3v) is 5.14. The van der Waals surface area contributed by atoms with Crippen LogP contribution in [0.3, 0.4) is 0 Å². The van der Waals surface area contributed by atoms with Crippen LogP contribution in [-0.2, 0) is 0 Å². The summed E-state index contributed by atoms with van der Waals surface area (Å²) in [5.41, 5.74) is 5.15. The third kappa shape index (κ3) is 4.22. The molecule has 0 saturated heterocycles. The molecule has 3 aromatic rings. The van der Waals surface area contributed by atoms with Gasteiger partial charge >= 0.3 is 0 Å². The van der Waals surface area contributed by atoms with Gasteiger partial charge in [-0.3, -0.25) is 10.4 Å². The largest absolute Gasteiger partial charge is 0.457 e. The molecule has 154 valence electrons. The van der Waals surface area contributed by atoms with E-state index in [-0.39, 0.29) is 0 Å². The molecule has 2 aromatic carbocycles. The number of fused-ring (bicyclic) bond motifs is 1.